The van der Waals surface area contributed by atoms with Crippen molar-refractivity contribution in [2.45, 2.75) is 31.6 Å². The highest BCUT2D eigenvalue weighted by Crippen LogP contribution is 2.29. The maximum Gasteiger partial charge on any atom is 0.410 e. The van der Waals surface area contributed by atoms with Crippen LogP contribution in [0.3, 0.4) is 0 Å². The number of rotatable bonds is 5. The quantitative estimate of drug-likeness (QED) is 0.239. The SMILES string of the molecule is O=C(OCc1ccccc1)N1CC[C@H](n2cnc3c(cc(Cc4ccc(Cl)nc4)c4ccccc43)c2=O)[C@@H](O)C1. The summed E-state index contributed by atoms with van der Waals surface area (Å²) in [7, 11) is 0. The molecule has 1 N–H and O–H groups in total. The minimum absolute atomic E-state index is 0.0648. The van der Waals surface area contributed by atoms with Gasteiger partial charge in [-0.3, -0.25) is 9.36 Å². The number of nitrogens with zero attached hydrogens (tertiary/aromatic N) is 4. The Labute approximate surface area is 235 Å². The molecular formula is C31H27ClN4O4. The summed E-state index contributed by atoms with van der Waals surface area (Å²) in [5.74, 6) is 0. The van der Waals surface area contributed by atoms with Gasteiger partial charge in [0, 0.05) is 18.1 Å². The van der Waals surface area contributed by atoms with Gasteiger partial charge < -0.3 is 14.7 Å². The molecule has 2 atom stereocenters. The average molecular weight is 555 g/mol. The third-order valence-electron chi connectivity index (χ3n) is 7.43. The minimum atomic E-state index is -0.949. The number of amides is 1. The summed E-state index contributed by atoms with van der Waals surface area (Å²) >= 11 is 5.97. The second kappa shape index (κ2) is 11.1. The zero-order valence-electron chi connectivity index (χ0n) is 21.6. The van der Waals surface area contributed by atoms with Crippen LogP contribution in [0.15, 0.2) is 90.1 Å². The molecule has 9 heteroatoms. The Morgan fingerprint density at radius 1 is 0.975 bits per heavy atom. The van der Waals surface area contributed by atoms with Crippen molar-refractivity contribution < 1.29 is 14.6 Å². The Hall–Kier alpha value is -4.27. The summed E-state index contributed by atoms with van der Waals surface area (Å²) in [6.45, 7) is 0.577. The van der Waals surface area contributed by atoms with Gasteiger partial charge in [-0.2, -0.15) is 0 Å². The van der Waals surface area contributed by atoms with Gasteiger partial charge in [-0.25, -0.2) is 14.8 Å². The topological polar surface area (TPSA) is 97.5 Å². The summed E-state index contributed by atoms with van der Waals surface area (Å²) < 4.78 is 6.93. The average Bonchev–Trinajstić information content (AvgIpc) is 2.98. The third kappa shape index (κ3) is 5.15. The van der Waals surface area contributed by atoms with Gasteiger partial charge in [0.05, 0.1) is 35.9 Å². The fraction of sp³-hybridized carbons (Fsp3) is 0.226. The number of hydrogen-bond donors (Lipinski definition) is 1. The van der Waals surface area contributed by atoms with E-state index in [0.717, 1.165) is 27.5 Å². The number of piperidine rings is 1. The second-order valence-corrected chi connectivity index (χ2v) is 10.4. The van der Waals surface area contributed by atoms with E-state index in [9.17, 15) is 14.7 Å². The summed E-state index contributed by atoms with van der Waals surface area (Å²) in [5.41, 5.74) is 3.22. The Bertz CT molecular complexity index is 1740. The molecule has 3 aromatic carbocycles. The molecule has 1 saturated heterocycles. The second-order valence-electron chi connectivity index (χ2n) is 10.0. The van der Waals surface area contributed by atoms with E-state index >= 15 is 0 Å². The fourth-order valence-corrected chi connectivity index (χ4v) is 5.49. The highest BCUT2D eigenvalue weighted by atomic mass is 35.5. The summed E-state index contributed by atoms with van der Waals surface area (Å²) in [5, 5.41) is 13.8. The first kappa shape index (κ1) is 26.0. The van der Waals surface area contributed by atoms with Crippen molar-refractivity contribution in [3.05, 3.63) is 118 Å². The van der Waals surface area contributed by atoms with E-state index in [4.69, 9.17) is 16.3 Å². The Kier molecular flexibility index (Phi) is 7.19. The van der Waals surface area contributed by atoms with E-state index in [1.807, 2.05) is 66.7 Å². The van der Waals surface area contributed by atoms with Crippen LogP contribution in [0.4, 0.5) is 4.79 Å². The molecular weight excluding hydrogens is 528 g/mol. The first-order valence-electron chi connectivity index (χ1n) is 13.1. The van der Waals surface area contributed by atoms with Crippen LogP contribution >= 0.6 is 11.6 Å². The highest BCUT2D eigenvalue weighted by Gasteiger charge is 2.33. The predicted octanol–water partition coefficient (Wildman–Crippen LogP) is 5.13. The lowest BCUT2D eigenvalue weighted by Crippen LogP contribution is -2.49. The summed E-state index contributed by atoms with van der Waals surface area (Å²) in [6.07, 6.45) is 2.77. The lowest BCUT2D eigenvalue weighted by atomic mass is 9.96. The summed E-state index contributed by atoms with van der Waals surface area (Å²) in [4.78, 5) is 36.8. The van der Waals surface area contributed by atoms with Crippen LogP contribution in [-0.2, 0) is 17.8 Å². The van der Waals surface area contributed by atoms with Crippen molar-refractivity contribution in [2.24, 2.45) is 0 Å². The number of halogens is 1. The van der Waals surface area contributed by atoms with Crippen molar-refractivity contribution >= 4 is 39.4 Å². The smallest absolute Gasteiger partial charge is 0.410 e. The van der Waals surface area contributed by atoms with Crippen molar-refractivity contribution in [3.8, 4) is 0 Å². The molecule has 1 aliphatic heterocycles. The Morgan fingerprint density at radius 2 is 1.75 bits per heavy atom. The van der Waals surface area contributed by atoms with Crippen LogP contribution in [0.5, 0.6) is 0 Å². The number of aromatic nitrogens is 3. The Balaban J connectivity index is 1.27. The minimum Gasteiger partial charge on any atom is -0.445 e. The maximum absolute atomic E-state index is 13.8. The van der Waals surface area contributed by atoms with Crippen LogP contribution in [0, 0.1) is 0 Å². The molecule has 0 bridgehead atoms. The standard InChI is InChI=1S/C31H27ClN4O4/c32-28-11-10-21(16-33-28)14-22-15-25-29(24-9-5-4-8-23(22)24)34-19-36(30(25)38)26-12-13-35(17-27(26)37)31(39)40-18-20-6-2-1-3-7-20/h1-11,15-16,19,26-27,37H,12-14,17-18H2/t26-,27-/m0/s1. The first-order chi connectivity index (χ1) is 19.5. The number of hydrogen-bond acceptors (Lipinski definition) is 6. The Morgan fingerprint density at radius 3 is 2.50 bits per heavy atom. The van der Waals surface area contributed by atoms with Gasteiger partial charge in [0.2, 0.25) is 0 Å². The molecule has 6 rings (SSSR count). The molecule has 3 heterocycles. The van der Waals surface area contributed by atoms with Gasteiger partial charge in [-0.05, 0) is 47.1 Å². The molecule has 8 nitrogen and oxygen atoms in total. The van der Waals surface area contributed by atoms with E-state index in [2.05, 4.69) is 9.97 Å². The number of pyridine rings is 1. The van der Waals surface area contributed by atoms with Gasteiger partial charge in [0.25, 0.3) is 5.56 Å². The number of carbonyl (C=O) groups excluding carboxylic acids is 1. The molecule has 0 spiro atoms. The van der Waals surface area contributed by atoms with Crippen LogP contribution < -0.4 is 5.56 Å². The molecule has 1 fully saturated rings. The molecule has 0 aliphatic carbocycles. The summed E-state index contributed by atoms with van der Waals surface area (Å²) in [6, 6.07) is 22.4. The largest absolute Gasteiger partial charge is 0.445 e. The number of fused-ring (bicyclic) bond motifs is 3. The van der Waals surface area contributed by atoms with Crippen molar-refractivity contribution in [1.29, 1.82) is 0 Å². The first-order valence-corrected chi connectivity index (χ1v) is 13.5. The lowest BCUT2D eigenvalue weighted by molar-refractivity contribution is 0.0168. The number of β-amino-alcohol motifs (C(OH)–C–C–N with tert-alkyl or cyclic N) is 1. The molecule has 0 unspecified atom stereocenters. The van der Waals surface area contributed by atoms with Gasteiger partial charge in [0.15, 0.2) is 0 Å². The van der Waals surface area contributed by atoms with Crippen LogP contribution in [0.25, 0.3) is 21.7 Å². The van der Waals surface area contributed by atoms with Gasteiger partial charge in [-0.15, -0.1) is 0 Å². The number of likely N-dealkylation sites (tertiary alicyclic amines) is 1. The van der Waals surface area contributed by atoms with E-state index in [0.29, 0.717) is 35.4 Å². The number of aliphatic hydroxyl groups is 1. The molecule has 202 valence electrons. The predicted molar refractivity (Wildman–Crippen MR) is 153 cm³/mol. The number of benzene rings is 3. The van der Waals surface area contributed by atoms with E-state index in [1.165, 1.54) is 15.8 Å². The van der Waals surface area contributed by atoms with E-state index < -0.39 is 18.2 Å². The maximum atomic E-state index is 13.8. The molecule has 0 saturated carbocycles. The van der Waals surface area contributed by atoms with E-state index in [1.54, 1.807) is 12.3 Å². The van der Waals surface area contributed by atoms with Gasteiger partial charge in [0.1, 0.15) is 11.8 Å². The van der Waals surface area contributed by atoms with Gasteiger partial charge in [-0.1, -0.05) is 72.3 Å². The zero-order valence-corrected chi connectivity index (χ0v) is 22.4. The molecule has 1 amide bonds. The monoisotopic (exact) mass is 554 g/mol. The van der Waals surface area contributed by atoms with Crippen LogP contribution in [0.1, 0.15) is 29.2 Å². The molecule has 40 heavy (non-hydrogen) atoms. The molecule has 0 radical (unpaired) electrons. The van der Waals surface area contributed by atoms with Gasteiger partial charge >= 0.3 is 6.09 Å². The third-order valence-corrected chi connectivity index (χ3v) is 7.65. The number of aliphatic hydroxyl groups excluding tert-OH is 1. The van der Waals surface area contributed by atoms with Crippen LogP contribution in [-0.4, -0.2) is 49.8 Å². The lowest BCUT2D eigenvalue weighted by Gasteiger charge is -2.36. The highest BCUT2D eigenvalue weighted by molar-refractivity contribution is 6.29. The van der Waals surface area contributed by atoms with Crippen molar-refractivity contribution in [3.63, 3.8) is 0 Å². The number of ether oxygens (including phenoxy) is 1. The number of carbonyl (C=O) groups is 1. The van der Waals surface area contributed by atoms with Crippen molar-refractivity contribution in [1.82, 2.24) is 19.4 Å². The van der Waals surface area contributed by atoms with E-state index in [-0.39, 0.29) is 18.7 Å². The molecule has 1 aliphatic rings. The molecule has 5 aromatic rings. The fourth-order valence-electron chi connectivity index (χ4n) is 5.38. The van der Waals surface area contributed by atoms with Crippen molar-refractivity contribution in [2.75, 3.05) is 13.1 Å². The van der Waals surface area contributed by atoms with Crippen LogP contribution in [0.2, 0.25) is 5.15 Å². The molecule has 2 aromatic heterocycles. The normalized spacial score (nSPS) is 17.3. The zero-order chi connectivity index (χ0) is 27.6.